The molecule has 1 aromatic carbocycles. The molecule has 24 heavy (non-hydrogen) atoms. The van der Waals surface area contributed by atoms with Crippen molar-refractivity contribution in [3.05, 3.63) is 47.2 Å². The number of hydrogen-bond donors (Lipinski definition) is 2. The lowest BCUT2D eigenvalue weighted by Crippen LogP contribution is -2.40. The Kier molecular flexibility index (Phi) is 4.79. The predicted octanol–water partition coefficient (Wildman–Crippen LogP) is 4.76. The van der Waals surface area contributed by atoms with Gasteiger partial charge in [0.25, 0.3) is 0 Å². The number of carbonyl (C=O) groups excluding carboxylic acids is 1. The molecular weight excluding hydrogens is 296 g/mol. The number of fused-ring (bicyclic) bond motifs is 1. The van der Waals surface area contributed by atoms with E-state index in [1.54, 1.807) is 0 Å². The van der Waals surface area contributed by atoms with Crippen molar-refractivity contribution in [2.24, 2.45) is 0 Å². The fraction of sp³-hybridized carbons (Fsp3) is 0.476. The third-order valence-electron chi connectivity index (χ3n) is 5.20. The van der Waals surface area contributed by atoms with Crippen LogP contribution in [0.1, 0.15) is 57.2 Å². The van der Waals surface area contributed by atoms with Crippen LogP contribution >= 0.6 is 0 Å². The van der Waals surface area contributed by atoms with Crippen LogP contribution in [0.4, 0.5) is 0 Å². The minimum absolute atomic E-state index is 0.103. The smallest absolute Gasteiger partial charge is 0.230 e. The molecule has 3 rings (SSSR count). The molecule has 3 heteroatoms. The van der Waals surface area contributed by atoms with Crippen LogP contribution in [0, 0.1) is 6.92 Å². The molecular formula is C21H28N2O. The van der Waals surface area contributed by atoms with Crippen molar-refractivity contribution in [1.82, 2.24) is 10.3 Å². The van der Waals surface area contributed by atoms with Crippen LogP contribution in [-0.2, 0) is 10.2 Å². The van der Waals surface area contributed by atoms with E-state index >= 15 is 0 Å². The topological polar surface area (TPSA) is 44.9 Å². The molecule has 0 radical (unpaired) electrons. The number of aromatic amines is 1. The summed E-state index contributed by atoms with van der Waals surface area (Å²) in [6.45, 7) is 6.82. The van der Waals surface area contributed by atoms with Crippen molar-refractivity contribution in [1.29, 1.82) is 0 Å². The fourth-order valence-corrected chi connectivity index (χ4v) is 3.88. The van der Waals surface area contributed by atoms with Crippen LogP contribution < -0.4 is 5.32 Å². The minimum atomic E-state index is -0.551. The molecule has 128 valence electrons. The second-order valence-corrected chi connectivity index (χ2v) is 7.41. The molecule has 1 aliphatic rings. The Balaban J connectivity index is 1.72. The van der Waals surface area contributed by atoms with Crippen molar-refractivity contribution in [3.63, 3.8) is 0 Å². The highest BCUT2D eigenvalue weighted by Gasteiger charge is 2.33. The van der Waals surface area contributed by atoms with E-state index in [1.807, 2.05) is 26.0 Å². The van der Waals surface area contributed by atoms with Gasteiger partial charge in [-0.2, -0.15) is 0 Å². The third kappa shape index (κ3) is 3.26. The lowest BCUT2D eigenvalue weighted by Gasteiger charge is -2.25. The van der Waals surface area contributed by atoms with E-state index in [4.69, 9.17) is 0 Å². The molecule has 0 bridgehead atoms. The average molecular weight is 324 g/mol. The van der Waals surface area contributed by atoms with Gasteiger partial charge in [0.05, 0.1) is 5.41 Å². The summed E-state index contributed by atoms with van der Waals surface area (Å²) < 4.78 is 0. The first-order valence-electron chi connectivity index (χ1n) is 9.04. The van der Waals surface area contributed by atoms with Crippen molar-refractivity contribution in [3.8, 4) is 0 Å². The first-order valence-corrected chi connectivity index (χ1v) is 9.04. The number of allylic oxidation sites excluding steroid dienone is 1. The number of para-hydroxylation sites is 1. The number of amides is 1. The highest BCUT2D eigenvalue weighted by molar-refractivity contribution is 5.95. The molecule has 2 N–H and O–H groups in total. The Morgan fingerprint density at radius 1 is 1.25 bits per heavy atom. The molecule has 0 unspecified atom stereocenters. The molecule has 1 amide bonds. The van der Waals surface area contributed by atoms with Gasteiger partial charge in [-0.15, -0.1) is 0 Å². The molecule has 0 spiro atoms. The number of nitrogens with one attached hydrogen (secondary N) is 2. The summed E-state index contributed by atoms with van der Waals surface area (Å²) in [4.78, 5) is 16.3. The molecule has 0 aliphatic heterocycles. The summed E-state index contributed by atoms with van der Waals surface area (Å²) in [6, 6.07) is 8.21. The summed E-state index contributed by atoms with van der Waals surface area (Å²) in [5.74, 6) is 0.103. The first kappa shape index (κ1) is 16.8. The SMILES string of the molecule is Cc1[nH]c2ccccc2c1C(C)(C)C(=O)NCCC1=CCCCC1. The zero-order valence-corrected chi connectivity index (χ0v) is 15.0. The molecule has 0 atom stereocenters. The zero-order valence-electron chi connectivity index (χ0n) is 15.0. The third-order valence-corrected chi connectivity index (χ3v) is 5.20. The highest BCUT2D eigenvalue weighted by Crippen LogP contribution is 2.33. The molecule has 1 aromatic heterocycles. The van der Waals surface area contributed by atoms with Gasteiger partial charge in [0.2, 0.25) is 5.91 Å². The Hall–Kier alpha value is -2.03. The normalized spacial score (nSPS) is 15.4. The molecule has 1 aliphatic carbocycles. The second-order valence-electron chi connectivity index (χ2n) is 7.41. The summed E-state index contributed by atoms with van der Waals surface area (Å²) in [7, 11) is 0. The molecule has 0 saturated heterocycles. The van der Waals surface area contributed by atoms with E-state index in [-0.39, 0.29) is 5.91 Å². The number of aryl methyl sites for hydroxylation is 1. The van der Waals surface area contributed by atoms with E-state index in [9.17, 15) is 4.79 Å². The summed E-state index contributed by atoms with van der Waals surface area (Å²) >= 11 is 0. The lowest BCUT2D eigenvalue weighted by molar-refractivity contribution is -0.125. The quantitative estimate of drug-likeness (QED) is 0.765. The van der Waals surface area contributed by atoms with Crippen molar-refractivity contribution < 1.29 is 4.79 Å². The molecule has 0 fully saturated rings. The summed E-state index contributed by atoms with van der Waals surface area (Å²) in [5.41, 5.74) is 4.23. The maximum atomic E-state index is 12.9. The summed E-state index contributed by atoms with van der Waals surface area (Å²) in [5, 5.41) is 4.30. The van der Waals surface area contributed by atoms with Gasteiger partial charge < -0.3 is 10.3 Å². The van der Waals surface area contributed by atoms with E-state index in [0.717, 1.165) is 35.1 Å². The van der Waals surface area contributed by atoms with Gasteiger partial charge in [-0.25, -0.2) is 0 Å². The van der Waals surface area contributed by atoms with Gasteiger partial charge in [0.1, 0.15) is 0 Å². The Bertz CT molecular complexity index is 767. The van der Waals surface area contributed by atoms with Crippen LogP contribution in [0.5, 0.6) is 0 Å². The first-order chi connectivity index (χ1) is 11.5. The number of rotatable bonds is 5. The predicted molar refractivity (Wildman–Crippen MR) is 100 cm³/mol. The Morgan fingerprint density at radius 3 is 2.79 bits per heavy atom. The highest BCUT2D eigenvalue weighted by atomic mass is 16.2. The fourth-order valence-electron chi connectivity index (χ4n) is 3.88. The van der Waals surface area contributed by atoms with Gasteiger partial charge in [0, 0.05) is 23.1 Å². The van der Waals surface area contributed by atoms with Crippen LogP contribution in [-0.4, -0.2) is 17.4 Å². The van der Waals surface area contributed by atoms with Crippen LogP contribution in [0.3, 0.4) is 0 Å². The largest absolute Gasteiger partial charge is 0.358 e. The Morgan fingerprint density at radius 2 is 2.04 bits per heavy atom. The molecule has 0 saturated carbocycles. The number of H-pyrrole nitrogens is 1. The van der Waals surface area contributed by atoms with E-state index < -0.39 is 5.41 Å². The maximum Gasteiger partial charge on any atom is 0.230 e. The average Bonchev–Trinajstić information content (AvgIpc) is 2.92. The van der Waals surface area contributed by atoms with Gasteiger partial charge >= 0.3 is 0 Å². The molecule has 2 aromatic rings. The zero-order chi connectivity index (χ0) is 17.2. The van der Waals surface area contributed by atoms with Crippen LogP contribution in [0.25, 0.3) is 10.9 Å². The number of carbonyl (C=O) groups is 1. The molecule has 3 nitrogen and oxygen atoms in total. The van der Waals surface area contributed by atoms with Gasteiger partial charge in [-0.05, 0) is 64.5 Å². The second kappa shape index (κ2) is 6.84. The van der Waals surface area contributed by atoms with E-state index in [1.165, 1.54) is 31.3 Å². The lowest BCUT2D eigenvalue weighted by atomic mass is 9.81. The van der Waals surface area contributed by atoms with Crippen molar-refractivity contribution in [2.45, 2.75) is 58.3 Å². The minimum Gasteiger partial charge on any atom is -0.358 e. The summed E-state index contributed by atoms with van der Waals surface area (Å²) in [6.07, 6.45) is 8.33. The van der Waals surface area contributed by atoms with Crippen molar-refractivity contribution in [2.75, 3.05) is 6.54 Å². The number of aromatic nitrogens is 1. The van der Waals surface area contributed by atoms with Crippen LogP contribution in [0.2, 0.25) is 0 Å². The number of benzene rings is 1. The van der Waals surface area contributed by atoms with E-state index in [2.05, 4.69) is 35.4 Å². The van der Waals surface area contributed by atoms with Gasteiger partial charge in [-0.1, -0.05) is 29.8 Å². The number of hydrogen-bond acceptors (Lipinski definition) is 1. The maximum absolute atomic E-state index is 12.9. The van der Waals surface area contributed by atoms with Gasteiger partial charge in [-0.3, -0.25) is 4.79 Å². The molecule has 1 heterocycles. The van der Waals surface area contributed by atoms with Gasteiger partial charge in [0.15, 0.2) is 0 Å². The standard InChI is InChI=1S/C21H28N2O/c1-15-19(17-11-7-8-12-18(17)23-15)21(2,3)20(24)22-14-13-16-9-5-4-6-10-16/h7-9,11-12,23H,4-6,10,13-14H2,1-3H3,(H,22,24). The Labute approximate surface area is 144 Å². The van der Waals surface area contributed by atoms with Crippen LogP contribution in [0.15, 0.2) is 35.9 Å². The monoisotopic (exact) mass is 324 g/mol. The van der Waals surface area contributed by atoms with E-state index in [0.29, 0.717) is 0 Å². The van der Waals surface area contributed by atoms with Crippen molar-refractivity contribution >= 4 is 16.8 Å².